The molecule has 198 valence electrons. The van der Waals surface area contributed by atoms with Crippen molar-refractivity contribution in [2.24, 2.45) is 14.1 Å². The van der Waals surface area contributed by atoms with Crippen molar-refractivity contribution in [1.29, 1.82) is 0 Å². The van der Waals surface area contributed by atoms with Crippen LogP contribution in [0, 0.1) is 9.39 Å². The van der Waals surface area contributed by atoms with E-state index in [0.717, 1.165) is 10.8 Å². The summed E-state index contributed by atoms with van der Waals surface area (Å²) in [6.07, 6.45) is 2.26. The lowest BCUT2D eigenvalue weighted by molar-refractivity contribution is -0.667. The van der Waals surface area contributed by atoms with Gasteiger partial charge in [-0.15, -0.1) is 0 Å². The predicted molar refractivity (Wildman–Crippen MR) is 149 cm³/mol. The van der Waals surface area contributed by atoms with E-state index in [9.17, 15) is 27.2 Å². The first-order valence-corrected chi connectivity index (χ1v) is 14.4. The Morgan fingerprint density at radius 3 is 2.45 bits per heavy atom. The smallest absolute Gasteiger partial charge is 0.326 e. The largest absolute Gasteiger partial charge is 0.444 e. The van der Waals surface area contributed by atoms with Crippen molar-refractivity contribution in [3.05, 3.63) is 83.2 Å². The molecule has 14 heteroatoms. The zero-order valence-electron chi connectivity index (χ0n) is 20.5. The molecule has 0 unspecified atom stereocenters. The number of rotatable bonds is 6. The molecule has 0 saturated heterocycles. The monoisotopic (exact) mass is 653 g/mol. The fourth-order valence-corrected chi connectivity index (χ4v) is 5.40. The molecule has 0 spiro atoms. The number of aryl methyl sites for hydroxylation is 1. The number of aromatic nitrogens is 4. The number of hydrogen-bond donors (Lipinski definition) is 2. The molecule has 4 aromatic rings. The average Bonchev–Trinajstić information content (AvgIpc) is 3.66. The van der Waals surface area contributed by atoms with Crippen molar-refractivity contribution in [2.45, 2.75) is 18.9 Å². The Kier molecular flexibility index (Phi) is 6.41. The summed E-state index contributed by atoms with van der Waals surface area (Å²) in [6, 6.07) is 10.2. The zero-order valence-corrected chi connectivity index (χ0v) is 23.5. The second kappa shape index (κ2) is 9.34. The zero-order chi connectivity index (χ0) is 27.5. The molecule has 1 saturated carbocycles. The van der Waals surface area contributed by atoms with Crippen LogP contribution in [-0.2, 0) is 24.1 Å². The van der Waals surface area contributed by atoms with Crippen molar-refractivity contribution in [3.63, 3.8) is 0 Å². The van der Waals surface area contributed by atoms with Crippen molar-refractivity contribution in [3.8, 4) is 5.69 Å². The highest BCUT2D eigenvalue weighted by atomic mass is 127. The molecule has 0 aliphatic heterocycles. The van der Waals surface area contributed by atoms with Crippen LogP contribution in [0.2, 0.25) is 0 Å². The third-order valence-electron chi connectivity index (χ3n) is 6.23. The summed E-state index contributed by atoms with van der Waals surface area (Å²) < 4.78 is 46.2. The van der Waals surface area contributed by atoms with Gasteiger partial charge in [0.15, 0.2) is 11.2 Å². The molecule has 11 nitrogen and oxygen atoms in total. The fraction of sp³-hybridized carbons (Fsp3) is 0.250. The van der Waals surface area contributed by atoms with Crippen LogP contribution in [0.25, 0.3) is 16.7 Å². The molecule has 38 heavy (non-hydrogen) atoms. The summed E-state index contributed by atoms with van der Waals surface area (Å²) in [5.41, 5.74) is -1.41. The molecule has 2 aromatic heterocycles. The molecule has 2 N–H and O–H groups in total. The second-order valence-corrected chi connectivity index (χ2v) is 12.1. The summed E-state index contributed by atoms with van der Waals surface area (Å²) >= 11 is 1.97. The molecule has 1 aliphatic carbocycles. The molecule has 1 aliphatic rings. The van der Waals surface area contributed by atoms with Gasteiger partial charge in [0.1, 0.15) is 11.5 Å². The summed E-state index contributed by atoms with van der Waals surface area (Å²) in [5, 5.41) is 2.90. The van der Waals surface area contributed by atoms with Crippen LogP contribution in [0.1, 0.15) is 18.9 Å². The Labute approximate surface area is 229 Å². The quantitative estimate of drug-likeness (QED) is 0.242. The normalized spacial score (nSPS) is 13.6. The van der Waals surface area contributed by atoms with Gasteiger partial charge in [0.25, 0.3) is 11.2 Å². The maximum absolute atomic E-state index is 14.8. The lowest BCUT2D eigenvalue weighted by Crippen LogP contribution is -2.56. The summed E-state index contributed by atoms with van der Waals surface area (Å²) in [4.78, 5) is 40.9. The molecular formula is C24H23FIN6O5S+. The number of hydrogen-bond acceptors (Lipinski definition) is 6. The maximum Gasteiger partial charge on any atom is 0.444 e. The first kappa shape index (κ1) is 26.1. The first-order chi connectivity index (χ1) is 17.9. The van der Waals surface area contributed by atoms with E-state index < -0.39 is 32.8 Å². The summed E-state index contributed by atoms with van der Waals surface area (Å²) in [7, 11) is -0.741. The number of fused-ring (bicyclic) bond motifs is 1. The lowest BCUT2D eigenvalue weighted by atomic mass is 10.2. The van der Waals surface area contributed by atoms with E-state index in [-0.39, 0.29) is 40.0 Å². The molecule has 1 fully saturated rings. The van der Waals surface area contributed by atoms with Gasteiger partial charge in [-0.1, -0.05) is 6.07 Å². The van der Waals surface area contributed by atoms with Crippen LogP contribution in [0.15, 0.2) is 56.8 Å². The van der Waals surface area contributed by atoms with E-state index in [1.807, 2.05) is 22.6 Å². The molecule has 2 heterocycles. The van der Waals surface area contributed by atoms with Gasteiger partial charge in [-0.3, -0.25) is 9.52 Å². The lowest BCUT2D eigenvalue weighted by Gasteiger charge is -2.16. The minimum absolute atomic E-state index is 0.000486. The second-order valence-electron chi connectivity index (χ2n) is 9.15. The third kappa shape index (κ3) is 4.62. The predicted octanol–water partition coefficient (Wildman–Crippen LogP) is 1.87. The number of nitrogens with one attached hydrogen (secondary N) is 2. The van der Waals surface area contributed by atoms with Gasteiger partial charge in [0.05, 0.1) is 31.7 Å². The van der Waals surface area contributed by atoms with E-state index in [4.69, 9.17) is 0 Å². The maximum atomic E-state index is 14.8. The third-order valence-corrected chi connectivity index (χ3v) is 7.51. The number of sulfonamides is 1. The van der Waals surface area contributed by atoms with Crippen molar-refractivity contribution in [2.75, 3.05) is 16.3 Å². The molecule has 0 radical (unpaired) electrons. The van der Waals surface area contributed by atoms with E-state index in [1.54, 1.807) is 18.2 Å². The highest BCUT2D eigenvalue weighted by Gasteiger charge is 2.34. The highest BCUT2D eigenvalue weighted by Crippen LogP contribution is 2.33. The van der Waals surface area contributed by atoms with Gasteiger partial charge in [-0.05, 0) is 65.8 Å². The highest BCUT2D eigenvalue weighted by molar-refractivity contribution is 14.1. The van der Waals surface area contributed by atoms with E-state index in [2.05, 4.69) is 10.0 Å². The van der Waals surface area contributed by atoms with Gasteiger partial charge in [-0.2, -0.15) is 9.13 Å². The number of benzene rings is 2. The molecule has 0 amide bonds. The Morgan fingerprint density at radius 1 is 1.11 bits per heavy atom. The average molecular weight is 653 g/mol. The van der Waals surface area contributed by atoms with Crippen LogP contribution in [0.3, 0.4) is 0 Å². The molecule has 2 aromatic carbocycles. The minimum atomic E-state index is -3.61. The van der Waals surface area contributed by atoms with Gasteiger partial charge in [0.2, 0.25) is 10.0 Å². The van der Waals surface area contributed by atoms with Crippen molar-refractivity contribution >= 4 is 60.8 Å². The van der Waals surface area contributed by atoms with Crippen LogP contribution in [0.4, 0.5) is 21.6 Å². The standard InChI is InChI=1S/C24H22FIN6O5S/c1-29-20(27-18-10-7-13(26)11-17(18)25)19-21(30(2)23(29)34)31(24(35)32(22(19)33)15-8-9-15)16-6-4-5-14(12-16)28-38(3,36)37/h4-7,10-12,15,28H,8-9H2,1-3H3/p+1. The molecule has 5 rings (SSSR count). The Balaban J connectivity index is 1.90. The van der Waals surface area contributed by atoms with E-state index in [1.165, 1.54) is 52.1 Å². The molecule has 0 atom stereocenters. The number of halogens is 2. The SMILES string of the molecule is Cn1c(Nc2ccc(I)cc2F)c2c(=O)n(C3CC3)c(=O)n(-c3cccc(NS(C)(=O)=O)c3)c2[n+](C)c1=O. The van der Waals surface area contributed by atoms with Gasteiger partial charge in [-0.25, -0.2) is 31.5 Å². The van der Waals surface area contributed by atoms with Gasteiger partial charge < -0.3 is 5.32 Å². The van der Waals surface area contributed by atoms with E-state index >= 15 is 0 Å². The fourth-order valence-electron chi connectivity index (χ4n) is 4.39. The van der Waals surface area contributed by atoms with Crippen molar-refractivity contribution in [1.82, 2.24) is 13.7 Å². The molecule has 0 bridgehead atoms. The molecular weight excluding hydrogens is 630 g/mol. The Hall–Kier alpha value is -3.53. The first-order valence-electron chi connectivity index (χ1n) is 11.5. The minimum Gasteiger partial charge on any atom is -0.326 e. The Morgan fingerprint density at radius 2 is 1.82 bits per heavy atom. The van der Waals surface area contributed by atoms with E-state index in [0.29, 0.717) is 16.4 Å². The summed E-state index contributed by atoms with van der Waals surface area (Å²) in [5.74, 6) is -0.567. The Bertz CT molecular complexity index is 1930. The van der Waals surface area contributed by atoms with Gasteiger partial charge in [0, 0.05) is 15.7 Å². The summed E-state index contributed by atoms with van der Waals surface area (Å²) in [6.45, 7) is 0. The van der Waals surface area contributed by atoms with Crippen LogP contribution in [-0.4, -0.2) is 28.4 Å². The number of nitrogens with zero attached hydrogens (tertiary/aromatic N) is 4. The van der Waals surface area contributed by atoms with Crippen molar-refractivity contribution < 1.29 is 17.4 Å². The van der Waals surface area contributed by atoms with Crippen LogP contribution < -0.4 is 31.5 Å². The topological polar surface area (TPSA) is 128 Å². The van der Waals surface area contributed by atoms with Crippen LogP contribution >= 0.6 is 22.6 Å². The van der Waals surface area contributed by atoms with Crippen LogP contribution in [0.5, 0.6) is 0 Å². The van der Waals surface area contributed by atoms with Gasteiger partial charge >= 0.3 is 11.4 Å². The number of anilines is 3.